The second kappa shape index (κ2) is 5.99. The Morgan fingerprint density at radius 3 is 2.70 bits per heavy atom. The van der Waals surface area contributed by atoms with Crippen LogP contribution in [-0.2, 0) is 9.16 Å². The highest BCUT2D eigenvalue weighted by atomic mass is 28.4. The van der Waals surface area contributed by atoms with Crippen LogP contribution < -0.4 is 11.2 Å². The Morgan fingerprint density at radius 1 is 1.48 bits per heavy atom. The molecular weight excluding hydrogens is 319 g/mol. The lowest BCUT2D eigenvalue weighted by molar-refractivity contribution is -0.174. The Bertz CT molecular complexity index is 679. The molecule has 1 aromatic rings. The summed E-state index contributed by atoms with van der Waals surface area (Å²) in [7, 11) is -2.08. The minimum absolute atomic E-state index is 0.0166. The highest BCUT2D eigenvalue weighted by Crippen LogP contribution is 2.41. The molecule has 0 unspecified atom stereocenters. The van der Waals surface area contributed by atoms with Gasteiger partial charge in [0.2, 0.25) is 5.85 Å². The molecule has 1 N–H and O–H groups in total. The molecular formula is C15H25FN2O4Si. The maximum atomic E-state index is 14.9. The quantitative estimate of drug-likeness (QED) is 0.852. The molecule has 6 nitrogen and oxygen atoms in total. The number of halogens is 1. The first kappa shape index (κ1) is 18.1. The summed E-state index contributed by atoms with van der Waals surface area (Å²) in [5, 5.41) is -0.0166. The first-order valence-corrected chi connectivity index (χ1v) is 10.7. The van der Waals surface area contributed by atoms with Crippen LogP contribution in [0, 0.1) is 0 Å². The van der Waals surface area contributed by atoms with Gasteiger partial charge in [-0.1, -0.05) is 20.8 Å². The number of ether oxygens (including phenoxy) is 1. The van der Waals surface area contributed by atoms with E-state index < -0.39 is 31.6 Å². The topological polar surface area (TPSA) is 73.3 Å². The monoisotopic (exact) mass is 344 g/mol. The Kier molecular flexibility index (Phi) is 4.71. The summed E-state index contributed by atoms with van der Waals surface area (Å²) < 4.78 is 27.4. The number of aromatic amines is 1. The Morgan fingerprint density at radius 2 is 2.13 bits per heavy atom. The molecule has 0 bridgehead atoms. The van der Waals surface area contributed by atoms with Crippen LogP contribution >= 0.6 is 0 Å². The minimum Gasteiger partial charge on any atom is -0.411 e. The molecule has 2 heterocycles. The molecule has 1 aliphatic heterocycles. The number of H-pyrrole nitrogens is 1. The molecule has 0 aromatic carbocycles. The van der Waals surface area contributed by atoms with E-state index in [9.17, 15) is 14.0 Å². The molecule has 0 aliphatic carbocycles. The van der Waals surface area contributed by atoms with Crippen LogP contribution in [0.15, 0.2) is 21.9 Å². The molecule has 0 saturated carbocycles. The number of nitrogens with zero attached hydrogens (tertiary/aromatic N) is 1. The van der Waals surface area contributed by atoms with Gasteiger partial charge in [-0.05, 0) is 24.6 Å². The molecule has 0 amide bonds. The molecule has 2 rings (SSSR count). The normalized spacial score (nSPS) is 25.7. The molecule has 2 atom stereocenters. The SMILES string of the molecule is CC(C)(C)[Si](C)(C)OC[C@]1(F)CC[C@H](n2ccc(=O)[nH]c2=O)O1. The number of rotatable bonds is 4. The van der Waals surface area contributed by atoms with Gasteiger partial charge in [0.1, 0.15) is 6.23 Å². The summed E-state index contributed by atoms with van der Waals surface area (Å²) in [6, 6.07) is 1.22. The van der Waals surface area contributed by atoms with E-state index in [1.54, 1.807) is 0 Å². The van der Waals surface area contributed by atoms with Gasteiger partial charge >= 0.3 is 5.69 Å². The molecule has 23 heavy (non-hydrogen) atoms. The summed E-state index contributed by atoms with van der Waals surface area (Å²) in [5.41, 5.74) is -1.09. The van der Waals surface area contributed by atoms with E-state index in [1.807, 2.05) is 0 Å². The predicted molar refractivity (Wildman–Crippen MR) is 87.7 cm³/mol. The molecule has 0 radical (unpaired) electrons. The number of alkyl halides is 1. The van der Waals surface area contributed by atoms with Crippen LogP contribution in [-0.4, -0.2) is 30.3 Å². The van der Waals surface area contributed by atoms with Crippen molar-refractivity contribution in [1.29, 1.82) is 0 Å². The maximum absolute atomic E-state index is 14.9. The van der Waals surface area contributed by atoms with Crippen molar-refractivity contribution in [2.45, 2.75) is 63.8 Å². The van der Waals surface area contributed by atoms with Crippen LogP contribution in [0.4, 0.5) is 4.39 Å². The fraction of sp³-hybridized carbons (Fsp3) is 0.733. The van der Waals surface area contributed by atoms with Gasteiger partial charge in [0.15, 0.2) is 8.32 Å². The third-order valence-corrected chi connectivity index (χ3v) is 9.21. The van der Waals surface area contributed by atoms with Gasteiger partial charge < -0.3 is 9.16 Å². The summed E-state index contributed by atoms with van der Waals surface area (Å²) in [4.78, 5) is 25.0. The van der Waals surface area contributed by atoms with Crippen molar-refractivity contribution in [2.24, 2.45) is 0 Å². The Labute approximate surface area is 135 Å². The Balaban J connectivity index is 2.06. The van der Waals surface area contributed by atoms with Crippen molar-refractivity contribution in [2.75, 3.05) is 6.61 Å². The predicted octanol–water partition coefficient (Wildman–Crippen LogP) is 2.53. The largest absolute Gasteiger partial charge is 0.411 e. The lowest BCUT2D eigenvalue weighted by Gasteiger charge is -2.37. The summed E-state index contributed by atoms with van der Waals surface area (Å²) in [6.45, 7) is 10.2. The zero-order valence-electron chi connectivity index (χ0n) is 14.3. The summed E-state index contributed by atoms with van der Waals surface area (Å²) in [5.74, 6) is -1.91. The Hall–Kier alpha value is -1.25. The van der Waals surface area contributed by atoms with E-state index in [0.29, 0.717) is 6.42 Å². The molecule has 1 aromatic heterocycles. The van der Waals surface area contributed by atoms with E-state index >= 15 is 0 Å². The van der Waals surface area contributed by atoms with Crippen molar-refractivity contribution in [3.63, 3.8) is 0 Å². The standard InChI is InChI=1S/C15H25FN2O4Si/c1-14(2,3)23(4,5)21-10-15(16)8-6-12(22-15)18-9-7-11(19)17-13(18)20/h7,9,12H,6,8,10H2,1-5H3,(H,17,19,20)/t12-,15+/m1/s1. The van der Waals surface area contributed by atoms with Crippen LogP contribution in [0.25, 0.3) is 0 Å². The average Bonchev–Trinajstić information content (AvgIpc) is 2.78. The van der Waals surface area contributed by atoms with E-state index in [2.05, 4.69) is 38.8 Å². The van der Waals surface area contributed by atoms with Crippen LogP contribution in [0.5, 0.6) is 0 Å². The van der Waals surface area contributed by atoms with Gasteiger partial charge in [0.05, 0.1) is 6.61 Å². The number of hydrogen-bond donors (Lipinski definition) is 1. The smallest absolute Gasteiger partial charge is 0.330 e. The van der Waals surface area contributed by atoms with Crippen molar-refractivity contribution in [3.8, 4) is 0 Å². The first-order chi connectivity index (χ1) is 10.4. The maximum Gasteiger partial charge on any atom is 0.330 e. The molecule has 0 spiro atoms. The summed E-state index contributed by atoms with van der Waals surface area (Å²) in [6.07, 6.45) is 1.10. The van der Waals surface area contributed by atoms with E-state index in [0.717, 1.165) is 0 Å². The van der Waals surface area contributed by atoms with Crippen LogP contribution in [0.2, 0.25) is 18.1 Å². The van der Waals surface area contributed by atoms with Crippen LogP contribution in [0.1, 0.15) is 39.8 Å². The molecule has 1 aliphatic rings. The van der Waals surface area contributed by atoms with Gasteiger partial charge in [0, 0.05) is 18.7 Å². The number of nitrogens with one attached hydrogen (secondary N) is 1. The second-order valence-electron chi connectivity index (χ2n) is 7.56. The lowest BCUT2D eigenvalue weighted by Crippen LogP contribution is -2.45. The number of hydrogen-bond acceptors (Lipinski definition) is 4. The van der Waals surface area contributed by atoms with Gasteiger partial charge in [0.25, 0.3) is 5.56 Å². The fourth-order valence-corrected chi connectivity index (χ4v) is 3.17. The van der Waals surface area contributed by atoms with Crippen molar-refractivity contribution in [1.82, 2.24) is 9.55 Å². The third kappa shape index (κ3) is 3.99. The third-order valence-electron chi connectivity index (χ3n) is 4.73. The van der Waals surface area contributed by atoms with Gasteiger partial charge in [-0.2, -0.15) is 0 Å². The zero-order chi connectivity index (χ0) is 17.5. The molecule has 8 heteroatoms. The van der Waals surface area contributed by atoms with E-state index in [-0.39, 0.29) is 18.1 Å². The van der Waals surface area contributed by atoms with E-state index in [4.69, 9.17) is 9.16 Å². The van der Waals surface area contributed by atoms with E-state index in [1.165, 1.54) is 16.8 Å². The second-order valence-corrected chi connectivity index (χ2v) is 12.4. The van der Waals surface area contributed by atoms with Crippen molar-refractivity contribution < 1.29 is 13.6 Å². The average molecular weight is 344 g/mol. The highest BCUT2D eigenvalue weighted by molar-refractivity contribution is 6.74. The number of aromatic nitrogens is 2. The van der Waals surface area contributed by atoms with Gasteiger partial charge in [-0.15, -0.1) is 0 Å². The zero-order valence-corrected chi connectivity index (χ0v) is 15.3. The van der Waals surface area contributed by atoms with Crippen molar-refractivity contribution >= 4 is 8.32 Å². The van der Waals surface area contributed by atoms with Crippen LogP contribution in [0.3, 0.4) is 0 Å². The fourth-order valence-electron chi connectivity index (χ4n) is 2.16. The minimum atomic E-state index is -2.08. The molecule has 1 saturated heterocycles. The van der Waals surface area contributed by atoms with Gasteiger partial charge in [-0.25, -0.2) is 9.18 Å². The summed E-state index contributed by atoms with van der Waals surface area (Å²) >= 11 is 0. The van der Waals surface area contributed by atoms with Crippen molar-refractivity contribution in [3.05, 3.63) is 33.1 Å². The lowest BCUT2D eigenvalue weighted by atomic mass is 10.2. The van der Waals surface area contributed by atoms with Gasteiger partial charge in [-0.3, -0.25) is 14.3 Å². The first-order valence-electron chi connectivity index (χ1n) is 7.76. The molecule has 1 fully saturated rings. The highest BCUT2D eigenvalue weighted by Gasteiger charge is 2.45. The molecule has 130 valence electrons.